The van der Waals surface area contributed by atoms with Gasteiger partial charge in [0, 0.05) is 13.1 Å². The van der Waals surface area contributed by atoms with E-state index in [1.165, 1.54) is 0 Å². The third-order valence-corrected chi connectivity index (χ3v) is 2.49. The zero-order valence-corrected chi connectivity index (χ0v) is 10.5. The number of nitrogens with zero attached hydrogens (tertiary/aromatic N) is 1. The number of amides is 1. The summed E-state index contributed by atoms with van der Waals surface area (Å²) in [6.07, 6.45) is -0.311. The van der Waals surface area contributed by atoms with E-state index < -0.39 is 5.60 Å². The van der Waals surface area contributed by atoms with E-state index in [-0.39, 0.29) is 18.2 Å². The highest BCUT2D eigenvalue weighted by Crippen LogP contribution is 2.22. The Morgan fingerprint density at radius 3 is 2.44 bits per heavy atom. The van der Waals surface area contributed by atoms with Crippen LogP contribution in [-0.2, 0) is 4.74 Å². The van der Waals surface area contributed by atoms with E-state index in [1.807, 2.05) is 27.7 Å². The second kappa shape index (κ2) is 4.59. The molecular weight excluding hydrogens is 208 g/mol. The first-order chi connectivity index (χ1) is 7.32. The molecule has 0 aliphatic carbocycles. The molecule has 5 nitrogen and oxygen atoms in total. The molecule has 0 aromatic heterocycles. The lowest BCUT2D eigenvalue weighted by Crippen LogP contribution is -2.72. The minimum absolute atomic E-state index is 0.0418. The van der Waals surface area contributed by atoms with E-state index in [9.17, 15) is 9.90 Å². The fraction of sp³-hybridized carbons (Fsp3) is 0.909. The Bertz CT molecular complexity index is 254. The number of aliphatic hydroxyl groups is 1. The number of likely N-dealkylation sites (N-methyl/N-ethyl adjacent to an activating group) is 1. The summed E-state index contributed by atoms with van der Waals surface area (Å²) >= 11 is 0. The zero-order chi connectivity index (χ0) is 12.4. The quantitative estimate of drug-likeness (QED) is 0.744. The fourth-order valence-electron chi connectivity index (χ4n) is 1.78. The summed E-state index contributed by atoms with van der Waals surface area (Å²) in [7, 11) is 0. The number of nitrogens with one attached hydrogen (secondary N) is 1. The lowest BCUT2D eigenvalue weighted by atomic mass is 9.91. The van der Waals surface area contributed by atoms with Gasteiger partial charge in [0.2, 0.25) is 0 Å². The lowest BCUT2D eigenvalue weighted by Gasteiger charge is -2.49. The number of rotatable bonds is 3. The molecule has 1 amide bonds. The first-order valence-electron chi connectivity index (χ1n) is 5.66. The summed E-state index contributed by atoms with van der Waals surface area (Å²) in [5, 5.41) is 12.5. The van der Waals surface area contributed by atoms with Crippen LogP contribution in [0.2, 0.25) is 0 Å². The first-order valence-corrected chi connectivity index (χ1v) is 5.66. The minimum Gasteiger partial charge on any atom is -0.444 e. The van der Waals surface area contributed by atoms with Crippen molar-refractivity contribution in [2.75, 3.05) is 26.2 Å². The van der Waals surface area contributed by atoms with E-state index in [2.05, 4.69) is 5.32 Å². The summed E-state index contributed by atoms with van der Waals surface area (Å²) in [6.45, 7) is 9.34. The van der Waals surface area contributed by atoms with Crippen molar-refractivity contribution in [2.24, 2.45) is 0 Å². The number of likely N-dealkylation sites (tertiary alicyclic amines) is 1. The molecule has 0 atom stereocenters. The second-order valence-corrected chi connectivity index (χ2v) is 5.31. The molecule has 16 heavy (non-hydrogen) atoms. The van der Waals surface area contributed by atoms with Crippen molar-refractivity contribution in [1.29, 1.82) is 0 Å². The average Bonchev–Trinajstić information content (AvgIpc) is 2.07. The van der Waals surface area contributed by atoms with Crippen LogP contribution >= 0.6 is 0 Å². The van der Waals surface area contributed by atoms with Crippen LogP contribution in [0.3, 0.4) is 0 Å². The Kier molecular flexibility index (Phi) is 3.80. The van der Waals surface area contributed by atoms with Crippen molar-refractivity contribution in [3.63, 3.8) is 0 Å². The van der Waals surface area contributed by atoms with Gasteiger partial charge in [-0.3, -0.25) is 0 Å². The first kappa shape index (κ1) is 13.3. The van der Waals surface area contributed by atoms with Crippen molar-refractivity contribution >= 4 is 6.09 Å². The van der Waals surface area contributed by atoms with E-state index in [0.29, 0.717) is 13.1 Å². The molecule has 2 N–H and O–H groups in total. The van der Waals surface area contributed by atoms with Gasteiger partial charge in [-0.05, 0) is 27.3 Å². The summed E-state index contributed by atoms with van der Waals surface area (Å²) in [4.78, 5) is 13.2. The molecule has 1 rings (SSSR count). The van der Waals surface area contributed by atoms with Crippen molar-refractivity contribution in [3.8, 4) is 0 Å². The van der Waals surface area contributed by atoms with Crippen LogP contribution < -0.4 is 5.32 Å². The molecule has 0 saturated carbocycles. The van der Waals surface area contributed by atoms with E-state index in [1.54, 1.807) is 4.90 Å². The highest BCUT2D eigenvalue weighted by atomic mass is 16.6. The van der Waals surface area contributed by atoms with Crippen LogP contribution in [0.1, 0.15) is 27.7 Å². The van der Waals surface area contributed by atoms with Crippen LogP contribution in [-0.4, -0.2) is 53.5 Å². The van der Waals surface area contributed by atoms with Crippen molar-refractivity contribution in [2.45, 2.75) is 38.8 Å². The normalized spacial score (nSPS) is 19.2. The van der Waals surface area contributed by atoms with Gasteiger partial charge >= 0.3 is 6.09 Å². The van der Waals surface area contributed by atoms with Crippen LogP contribution in [0, 0.1) is 0 Å². The molecule has 0 unspecified atom stereocenters. The molecule has 5 heteroatoms. The smallest absolute Gasteiger partial charge is 0.410 e. The highest BCUT2D eigenvalue weighted by molar-refractivity contribution is 5.69. The minimum atomic E-state index is -0.466. The third kappa shape index (κ3) is 3.09. The van der Waals surface area contributed by atoms with Crippen molar-refractivity contribution in [3.05, 3.63) is 0 Å². The second-order valence-electron chi connectivity index (χ2n) is 5.31. The van der Waals surface area contributed by atoms with Gasteiger partial charge in [0.05, 0.1) is 12.1 Å². The lowest BCUT2D eigenvalue weighted by molar-refractivity contribution is -0.0308. The van der Waals surface area contributed by atoms with Crippen molar-refractivity contribution in [1.82, 2.24) is 10.2 Å². The average molecular weight is 230 g/mol. The van der Waals surface area contributed by atoms with E-state index in [0.717, 1.165) is 6.54 Å². The van der Waals surface area contributed by atoms with Gasteiger partial charge in [0.15, 0.2) is 0 Å². The number of hydrogen-bond acceptors (Lipinski definition) is 4. The summed E-state index contributed by atoms with van der Waals surface area (Å²) in [5.41, 5.74) is -0.793. The molecular formula is C11H22N2O3. The molecule has 0 aromatic rings. The Morgan fingerprint density at radius 1 is 1.50 bits per heavy atom. The summed E-state index contributed by atoms with van der Waals surface area (Å²) < 4.78 is 5.24. The molecule has 1 aliphatic heterocycles. The number of carbonyl (C=O) groups excluding carboxylic acids is 1. The zero-order valence-electron chi connectivity index (χ0n) is 10.5. The Hall–Kier alpha value is -0.810. The molecule has 0 radical (unpaired) electrons. The van der Waals surface area contributed by atoms with Crippen LogP contribution in [0.15, 0.2) is 0 Å². The van der Waals surface area contributed by atoms with Crippen molar-refractivity contribution < 1.29 is 14.6 Å². The Morgan fingerprint density at radius 2 is 2.06 bits per heavy atom. The molecule has 0 aromatic carbocycles. The van der Waals surface area contributed by atoms with Gasteiger partial charge in [-0.25, -0.2) is 4.79 Å². The van der Waals surface area contributed by atoms with Gasteiger partial charge in [-0.15, -0.1) is 0 Å². The number of aliphatic hydroxyl groups excluding tert-OH is 1. The molecule has 1 saturated heterocycles. The molecule has 94 valence electrons. The topological polar surface area (TPSA) is 61.8 Å². The Balaban J connectivity index is 2.42. The van der Waals surface area contributed by atoms with Gasteiger partial charge in [-0.1, -0.05) is 6.92 Å². The summed E-state index contributed by atoms with van der Waals surface area (Å²) in [6, 6.07) is 0. The maximum absolute atomic E-state index is 11.6. The molecule has 0 spiro atoms. The maximum atomic E-state index is 11.6. The SMILES string of the molecule is CCNC1(CO)CN(C(=O)OC(C)(C)C)C1. The van der Waals surface area contributed by atoms with Crippen LogP contribution in [0.25, 0.3) is 0 Å². The molecule has 0 bridgehead atoms. The standard InChI is InChI=1S/C11H22N2O3/c1-5-12-11(8-14)6-13(7-11)9(15)16-10(2,3)4/h12,14H,5-8H2,1-4H3. The van der Waals surface area contributed by atoms with Gasteiger partial charge < -0.3 is 20.1 Å². The predicted molar refractivity (Wildman–Crippen MR) is 61.3 cm³/mol. The number of ether oxygens (including phenoxy) is 1. The Labute approximate surface area is 96.8 Å². The third-order valence-electron chi connectivity index (χ3n) is 2.49. The van der Waals surface area contributed by atoms with Gasteiger partial charge in [-0.2, -0.15) is 0 Å². The largest absolute Gasteiger partial charge is 0.444 e. The van der Waals surface area contributed by atoms with Gasteiger partial charge in [0.1, 0.15) is 5.60 Å². The summed E-state index contributed by atoms with van der Waals surface area (Å²) in [5.74, 6) is 0. The van der Waals surface area contributed by atoms with Crippen LogP contribution in [0.4, 0.5) is 4.79 Å². The molecule has 1 aliphatic rings. The number of hydrogen-bond donors (Lipinski definition) is 2. The van der Waals surface area contributed by atoms with Gasteiger partial charge in [0.25, 0.3) is 0 Å². The van der Waals surface area contributed by atoms with E-state index >= 15 is 0 Å². The molecule has 1 fully saturated rings. The van der Waals surface area contributed by atoms with Crippen LogP contribution in [0.5, 0.6) is 0 Å². The highest BCUT2D eigenvalue weighted by Gasteiger charge is 2.45. The monoisotopic (exact) mass is 230 g/mol. The fourth-order valence-corrected chi connectivity index (χ4v) is 1.78. The van der Waals surface area contributed by atoms with E-state index in [4.69, 9.17) is 4.74 Å². The maximum Gasteiger partial charge on any atom is 0.410 e. The predicted octanol–water partition coefficient (Wildman–Crippen LogP) is 0.578. The number of carbonyl (C=O) groups is 1. The molecule has 1 heterocycles.